The second-order valence-electron chi connectivity index (χ2n) is 4.31. The molecule has 6 nitrogen and oxygen atoms in total. The lowest BCUT2D eigenvalue weighted by molar-refractivity contribution is -0.116. The van der Waals surface area contributed by atoms with Gasteiger partial charge in [-0.3, -0.25) is 9.59 Å². The number of benzene rings is 1. The van der Waals surface area contributed by atoms with E-state index in [-0.39, 0.29) is 24.0 Å². The molecule has 0 unspecified atom stereocenters. The fraction of sp³-hybridized carbons (Fsp3) is 0.231. The van der Waals surface area contributed by atoms with Gasteiger partial charge in [0, 0.05) is 23.6 Å². The molecule has 0 saturated carbocycles. The number of anilines is 1. The molecule has 0 aliphatic rings. The molecule has 2 amide bonds. The molecule has 0 spiro atoms. The fourth-order valence-corrected chi connectivity index (χ4v) is 2.29. The maximum atomic E-state index is 12.3. The van der Waals surface area contributed by atoms with E-state index in [0.717, 1.165) is 0 Å². The van der Waals surface area contributed by atoms with Crippen molar-refractivity contribution >= 4 is 39.9 Å². The van der Waals surface area contributed by atoms with E-state index in [2.05, 4.69) is 20.8 Å². The van der Waals surface area contributed by atoms with Crippen LogP contribution in [0.25, 0.3) is 0 Å². The summed E-state index contributed by atoms with van der Waals surface area (Å²) in [4.78, 5) is 23.4. The van der Waals surface area contributed by atoms with Crippen molar-refractivity contribution in [3.8, 4) is 0 Å². The van der Waals surface area contributed by atoms with Crippen LogP contribution < -0.4 is 10.6 Å². The summed E-state index contributed by atoms with van der Waals surface area (Å²) in [6.45, 7) is 0.0911. The number of alkyl halides is 2. The Labute approximate surface area is 138 Å². The standard InChI is InChI=1S/C13H11ClF2N4O2S/c14-8-3-1-7(2-4-8)11(22)17-6-5-9(21)18-13-20-19-12(23-13)10(15)16/h1-4,10H,5-6H2,(H,17,22)(H,18,20,21). The molecule has 0 fully saturated rings. The van der Waals surface area contributed by atoms with Crippen molar-refractivity contribution in [2.45, 2.75) is 12.8 Å². The summed E-state index contributed by atoms with van der Waals surface area (Å²) >= 11 is 6.32. The van der Waals surface area contributed by atoms with Crippen LogP contribution in [-0.2, 0) is 4.79 Å². The van der Waals surface area contributed by atoms with Crippen LogP contribution in [0.1, 0.15) is 28.2 Å². The summed E-state index contributed by atoms with van der Waals surface area (Å²) in [5, 5.41) is 11.6. The van der Waals surface area contributed by atoms with Crippen molar-refractivity contribution in [3.05, 3.63) is 39.9 Å². The molecule has 10 heteroatoms. The summed E-state index contributed by atoms with van der Waals surface area (Å²) in [5.74, 6) is -0.802. The first-order valence-electron chi connectivity index (χ1n) is 6.41. The Morgan fingerprint density at radius 2 is 1.91 bits per heavy atom. The molecule has 0 saturated heterocycles. The summed E-state index contributed by atoms with van der Waals surface area (Å²) in [6, 6.07) is 6.29. The minimum absolute atomic E-state index is 0.00525. The Kier molecular flexibility index (Phi) is 5.94. The first-order chi connectivity index (χ1) is 11.0. The third kappa shape index (κ3) is 5.22. The Bertz CT molecular complexity index is 694. The number of carbonyl (C=O) groups excluding carboxylic acids is 2. The van der Waals surface area contributed by atoms with Crippen molar-refractivity contribution in [1.82, 2.24) is 15.5 Å². The van der Waals surface area contributed by atoms with Gasteiger partial charge in [-0.2, -0.15) is 0 Å². The lowest BCUT2D eigenvalue weighted by atomic mass is 10.2. The molecule has 122 valence electrons. The average Bonchev–Trinajstić information content (AvgIpc) is 2.96. The molecule has 2 N–H and O–H groups in total. The van der Waals surface area contributed by atoms with Crippen molar-refractivity contribution < 1.29 is 18.4 Å². The quantitative estimate of drug-likeness (QED) is 0.829. The Balaban J connectivity index is 1.75. The van der Waals surface area contributed by atoms with Crippen LogP contribution >= 0.6 is 22.9 Å². The molecular formula is C13H11ClF2N4O2S. The Morgan fingerprint density at radius 1 is 1.22 bits per heavy atom. The van der Waals surface area contributed by atoms with E-state index in [9.17, 15) is 18.4 Å². The van der Waals surface area contributed by atoms with Crippen molar-refractivity contribution in [3.63, 3.8) is 0 Å². The van der Waals surface area contributed by atoms with Crippen LogP contribution in [0.15, 0.2) is 24.3 Å². The van der Waals surface area contributed by atoms with E-state index in [0.29, 0.717) is 21.9 Å². The highest BCUT2D eigenvalue weighted by Gasteiger charge is 2.15. The largest absolute Gasteiger partial charge is 0.352 e. The number of rotatable bonds is 6. The lowest BCUT2D eigenvalue weighted by Gasteiger charge is -2.05. The number of nitrogens with one attached hydrogen (secondary N) is 2. The number of nitrogens with zero attached hydrogens (tertiary/aromatic N) is 2. The number of aromatic nitrogens is 2. The van der Waals surface area contributed by atoms with Crippen LogP contribution in [0.2, 0.25) is 5.02 Å². The molecule has 0 aliphatic heterocycles. The number of amides is 2. The zero-order valence-electron chi connectivity index (χ0n) is 11.6. The fourth-order valence-electron chi connectivity index (χ4n) is 1.55. The van der Waals surface area contributed by atoms with E-state index >= 15 is 0 Å². The smallest absolute Gasteiger partial charge is 0.291 e. The maximum Gasteiger partial charge on any atom is 0.291 e. The number of hydrogen-bond acceptors (Lipinski definition) is 5. The summed E-state index contributed by atoms with van der Waals surface area (Å²) in [6.07, 6.45) is -2.75. The van der Waals surface area contributed by atoms with Gasteiger partial charge in [0.15, 0.2) is 5.01 Å². The molecule has 0 aliphatic carbocycles. The lowest BCUT2D eigenvalue weighted by Crippen LogP contribution is -2.27. The van der Waals surface area contributed by atoms with Gasteiger partial charge in [0.25, 0.3) is 12.3 Å². The van der Waals surface area contributed by atoms with Gasteiger partial charge in [0.2, 0.25) is 11.0 Å². The molecule has 1 heterocycles. The van der Waals surface area contributed by atoms with Crippen LogP contribution in [0.5, 0.6) is 0 Å². The zero-order chi connectivity index (χ0) is 16.8. The minimum Gasteiger partial charge on any atom is -0.352 e. The molecule has 0 radical (unpaired) electrons. The highest BCUT2D eigenvalue weighted by molar-refractivity contribution is 7.15. The van der Waals surface area contributed by atoms with Gasteiger partial charge < -0.3 is 10.6 Å². The molecule has 0 bridgehead atoms. The van der Waals surface area contributed by atoms with E-state index in [4.69, 9.17) is 11.6 Å². The summed E-state index contributed by atoms with van der Waals surface area (Å²) < 4.78 is 24.7. The summed E-state index contributed by atoms with van der Waals surface area (Å²) in [7, 11) is 0. The van der Waals surface area contributed by atoms with Gasteiger partial charge in [-0.15, -0.1) is 10.2 Å². The third-order valence-corrected chi connectivity index (χ3v) is 3.72. The molecule has 23 heavy (non-hydrogen) atoms. The maximum absolute atomic E-state index is 12.3. The summed E-state index contributed by atoms with van der Waals surface area (Å²) in [5.41, 5.74) is 0.417. The minimum atomic E-state index is -2.73. The molecule has 1 aromatic carbocycles. The highest BCUT2D eigenvalue weighted by atomic mass is 35.5. The number of hydrogen-bond donors (Lipinski definition) is 2. The molecular weight excluding hydrogens is 350 g/mol. The first-order valence-corrected chi connectivity index (χ1v) is 7.60. The zero-order valence-corrected chi connectivity index (χ0v) is 13.1. The van der Waals surface area contributed by atoms with Crippen molar-refractivity contribution in [2.24, 2.45) is 0 Å². The number of carbonyl (C=O) groups is 2. The Hall–Kier alpha value is -2.13. The molecule has 2 aromatic rings. The SMILES string of the molecule is O=C(CCNC(=O)c1ccc(Cl)cc1)Nc1nnc(C(F)F)s1. The Morgan fingerprint density at radius 3 is 2.52 bits per heavy atom. The van der Waals surface area contributed by atoms with Gasteiger partial charge in [-0.1, -0.05) is 22.9 Å². The monoisotopic (exact) mass is 360 g/mol. The van der Waals surface area contributed by atoms with Gasteiger partial charge >= 0.3 is 0 Å². The van der Waals surface area contributed by atoms with Gasteiger partial charge in [-0.25, -0.2) is 8.78 Å². The number of halogens is 3. The van der Waals surface area contributed by atoms with E-state index in [1.165, 1.54) is 0 Å². The highest BCUT2D eigenvalue weighted by Crippen LogP contribution is 2.25. The molecule has 2 rings (SSSR count). The third-order valence-electron chi connectivity index (χ3n) is 2.62. The van der Waals surface area contributed by atoms with Gasteiger partial charge in [-0.05, 0) is 24.3 Å². The van der Waals surface area contributed by atoms with Crippen molar-refractivity contribution in [2.75, 3.05) is 11.9 Å². The first kappa shape index (κ1) is 17.2. The topological polar surface area (TPSA) is 84.0 Å². The normalized spacial score (nSPS) is 10.6. The molecule has 0 atom stereocenters. The van der Waals surface area contributed by atoms with Crippen LogP contribution in [-0.4, -0.2) is 28.6 Å². The van der Waals surface area contributed by atoms with Crippen LogP contribution in [0.3, 0.4) is 0 Å². The van der Waals surface area contributed by atoms with Crippen molar-refractivity contribution in [1.29, 1.82) is 0 Å². The second-order valence-corrected chi connectivity index (χ2v) is 5.75. The van der Waals surface area contributed by atoms with Crippen LogP contribution in [0.4, 0.5) is 13.9 Å². The molecule has 1 aromatic heterocycles. The average molecular weight is 361 g/mol. The second kappa shape index (κ2) is 7.93. The van der Waals surface area contributed by atoms with E-state index in [1.807, 2.05) is 0 Å². The van der Waals surface area contributed by atoms with Gasteiger partial charge in [0.05, 0.1) is 0 Å². The predicted octanol–water partition coefficient (Wildman–Crippen LogP) is 2.89. The van der Waals surface area contributed by atoms with Crippen LogP contribution in [0, 0.1) is 0 Å². The van der Waals surface area contributed by atoms with Gasteiger partial charge in [0.1, 0.15) is 0 Å². The van der Waals surface area contributed by atoms with E-state index in [1.54, 1.807) is 24.3 Å². The predicted molar refractivity (Wildman–Crippen MR) is 81.9 cm³/mol. The van der Waals surface area contributed by atoms with E-state index < -0.39 is 17.3 Å².